The van der Waals surface area contributed by atoms with Gasteiger partial charge in [0.2, 0.25) is 5.89 Å². The Bertz CT molecular complexity index is 1170. The number of para-hydroxylation sites is 1. The fraction of sp³-hybridized carbons (Fsp3) is 0. The first kappa shape index (κ1) is 12.9. The predicted octanol–water partition coefficient (Wildman–Crippen LogP) is 6.16. The highest BCUT2D eigenvalue weighted by Crippen LogP contribution is 2.39. The van der Waals surface area contributed by atoms with Gasteiger partial charge < -0.3 is 8.83 Å². The summed E-state index contributed by atoms with van der Waals surface area (Å²) in [6.07, 6.45) is 0. The third kappa shape index (κ3) is 1.85. The molecule has 2 aromatic heterocycles. The summed E-state index contributed by atoms with van der Waals surface area (Å²) < 4.78 is 12.7. The van der Waals surface area contributed by atoms with Crippen LogP contribution >= 0.6 is 15.9 Å². The van der Waals surface area contributed by atoms with E-state index < -0.39 is 0 Å². The first-order valence-electron chi connectivity index (χ1n) is 7.27. The van der Waals surface area contributed by atoms with Crippen LogP contribution in [0.15, 0.2) is 74.0 Å². The molecular weight excluding hydrogens is 354 g/mol. The number of rotatable bonds is 1. The number of hydrogen-bond donors (Lipinski definition) is 0. The van der Waals surface area contributed by atoms with Crippen molar-refractivity contribution in [2.75, 3.05) is 0 Å². The molecule has 0 fully saturated rings. The van der Waals surface area contributed by atoms with E-state index >= 15 is 0 Å². The van der Waals surface area contributed by atoms with Gasteiger partial charge in [0, 0.05) is 16.3 Å². The second-order valence-corrected chi connectivity index (χ2v) is 6.19. The molecule has 0 N–H and O–H groups in total. The standard InChI is InChI=1S/C19H10BrNO2/c20-16-17-13(12-8-4-5-9-15(12)22-17)10-14-18(16)23-19(21-14)11-6-2-1-3-7-11/h1-10H. The largest absolute Gasteiger partial charge is 0.455 e. The fourth-order valence-electron chi connectivity index (χ4n) is 2.90. The summed E-state index contributed by atoms with van der Waals surface area (Å²) >= 11 is 3.62. The van der Waals surface area contributed by atoms with Crippen molar-refractivity contribution >= 4 is 49.0 Å². The zero-order valence-electron chi connectivity index (χ0n) is 11.9. The highest BCUT2D eigenvalue weighted by molar-refractivity contribution is 9.10. The molecule has 0 aliphatic heterocycles. The summed E-state index contributed by atoms with van der Waals surface area (Å²) in [5.74, 6) is 0.609. The Hall–Kier alpha value is -2.59. The molecule has 5 rings (SSSR count). The van der Waals surface area contributed by atoms with Crippen molar-refractivity contribution in [2.24, 2.45) is 0 Å². The maximum atomic E-state index is 5.97. The van der Waals surface area contributed by atoms with Crippen LogP contribution in [0.1, 0.15) is 0 Å². The zero-order valence-corrected chi connectivity index (χ0v) is 13.5. The van der Waals surface area contributed by atoms with E-state index in [1.54, 1.807) is 0 Å². The van der Waals surface area contributed by atoms with Gasteiger partial charge in [-0.15, -0.1) is 0 Å². The van der Waals surface area contributed by atoms with Crippen molar-refractivity contribution in [2.45, 2.75) is 0 Å². The lowest BCUT2D eigenvalue weighted by molar-refractivity contribution is 0.615. The summed E-state index contributed by atoms with van der Waals surface area (Å²) in [6, 6.07) is 19.9. The van der Waals surface area contributed by atoms with Crippen LogP contribution in [0.5, 0.6) is 0 Å². The minimum Gasteiger partial charge on any atom is -0.455 e. The number of hydrogen-bond acceptors (Lipinski definition) is 3. The minimum absolute atomic E-state index is 0.609. The molecule has 3 nitrogen and oxygen atoms in total. The molecule has 0 saturated heterocycles. The van der Waals surface area contributed by atoms with Gasteiger partial charge in [0.15, 0.2) is 11.2 Å². The third-order valence-corrected chi connectivity index (χ3v) is 4.71. The summed E-state index contributed by atoms with van der Waals surface area (Å²) in [7, 11) is 0. The quantitative estimate of drug-likeness (QED) is 0.358. The first-order valence-corrected chi connectivity index (χ1v) is 8.06. The first-order chi connectivity index (χ1) is 11.3. The monoisotopic (exact) mass is 363 g/mol. The summed E-state index contributed by atoms with van der Waals surface area (Å²) in [5.41, 5.74) is 4.12. The Morgan fingerprint density at radius 1 is 0.783 bits per heavy atom. The SMILES string of the molecule is Brc1c2oc(-c3ccccc3)nc2cc2c1oc1ccccc12. The summed E-state index contributed by atoms with van der Waals surface area (Å²) in [6.45, 7) is 0. The van der Waals surface area contributed by atoms with E-state index in [1.807, 2.05) is 54.6 Å². The van der Waals surface area contributed by atoms with Crippen LogP contribution in [-0.2, 0) is 0 Å². The molecule has 0 unspecified atom stereocenters. The predicted molar refractivity (Wildman–Crippen MR) is 94.4 cm³/mol. The van der Waals surface area contributed by atoms with E-state index in [9.17, 15) is 0 Å². The second kappa shape index (κ2) is 4.70. The molecule has 0 atom stereocenters. The molecule has 0 aliphatic carbocycles. The molecule has 2 heterocycles. The molecule has 110 valence electrons. The van der Waals surface area contributed by atoms with Crippen molar-refractivity contribution in [3.05, 3.63) is 65.1 Å². The highest BCUT2D eigenvalue weighted by atomic mass is 79.9. The Balaban J connectivity index is 1.86. The number of benzene rings is 3. The molecule has 4 heteroatoms. The molecule has 23 heavy (non-hydrogen) atoms. The second-order valence-electron chi connectivity index (χ2n) is 5.40. The Labute approximate surface area is 139 Å². The topological polar surface area (TPSA) is 39.2 Å². The molecule has 3 aromatic carbocycles. The van der Waals surface area contributed by atoms with E-state index in [2.05, 4.69) is 27.0 Å². The number of oxazole rings is 1. The summed E-state index contributed by atoms with van der Waals surface area (Å²) in [4.78, 5) is 4.64. The lowest BCUT2D eigenvalue weighted by Crippen LogP contribution is -1.75. The van der Waals surface area contributed by atoms with E-state index in [0.29, 0.717) is 11.5 Å². The molecule has 0 aliphatic rings. The molecule has 5 aromatic rings. The Morgan fingerprint density at radius 2 is 1.57 bits per heavy atom. The van der Waals surface area contributed by atoms with Gasteiger partial charge in [-0.25, -0.2) is 4.98 Å². The number of fused-ring (bicyclic) bond motifs is 4. The van der Waals surface area contributed by atoms with E-state index in [-0.39, 0.29) is 0 Å². The average molecular weight is 364 g/mol. The van der Waals surface area contributed by atoms with Gasteiger partial charge in [0.1, 0.15) is 15.6 Å². The van der Waals surface area contributed by atoms with Crippen molar-refractivity contribution in [1.29, 1.82) is 0 Å². The van der Waals surface area contributed by atoms with Crippen molar-refractivity contribution in [3.8, 4) is 11.5 Å². The fourth-order valence-corrected chi connectivity index (χ4v) is 3.48. The van der Waals surface area contributed by atoms with Crippen LogP contribution in [0, 0.1) is 0 Å². The molecule has 0 amide bonds. The van der Waals surface area contributed by atoms with Crippen LogP contribution in [0.25, 0.3) is 44.5 Å². The molecule has 0 radical (unpaired) electrons. The van der Waals surface area contributed by atoms with Gasteiger partial charge in [-0.05, 0) is 40.2 Å². The Kier molecular flexibility index (Phi) is 2.64. The van der Waals surface area contributed by atoms with Crippen molar-refractivity contribution < 1.29 is 8.83 Å². The van der Waals surface area contributed by atoms with Crippen LogP contribution in [-0.4, -0.2) is 4.98 Å². The van der Waals surface area contributed by atoms with Gasteiger partial charge in [-0.1, -0.05) is 36.4 Å². The number of aromatic nitrogens is 1. The van der Waals surface area contributed by atoms with Gasteiger partial charge in [0.25, 0.3) is 0 Å². The molecule has 0 saturated carbocycles. The number of nitrogens with zero attached hydrogens (tertiary/aromatic N) is 1. The smallest absolute Gasteiger partial charge is 0.227 e. The third-order valence-electron chi connectivity index (χ3n) is 3.99. The average Bonchev–Trinajstić information content (AvgIpc) is 3.18. The lowest BCUT2D eigenvalue weighted by Gasteiger charge is -1.94. The van der Waals surface area contributed by atoms with Crippen LogP contribution in [0.2, 0.25) is 0 Å². The normalized spacial score (nSPS) is 11.7. The number of halogens is 1. The van der Waals surface area contributed by atoms with Gasteiger partial charge in [-0.2, -0.15) is 0 Å². The van der Waals surface area contributed by atoms with E-state index in [1.165, 1.54) is 0 Å². The lowest BCUT2D eigenvalue weighted by atomic mass is 10.1. The maximum Gasteiger partial charge on any atom is 0.227 e. The van der Waals surface area contributed by atoms with Gasteiger partial charge in [-0.3, -0.25) is 0 Å². The highest BCUT2D eigenvalue weighted by Gasteiger charge is 2.18. The van der Waals surface area contributed by atoms with Gasteiger partial charge in [0.05, 0.1) is 0 Å². The van der Waals surface area contributed by atoms with Crippen LogP contribution < -0.4 is 0 Å². The van der Waals surface area contributed by atoms with E-state index in [4.69, 9.17) is 8.83 Å². The van der Waals surface area contributed by atoms with Crippen LogP contribution in [0.3, 0.4) is 0 Å². The zero-order chi connectivity index (χ0) is 15.4. The van der Waals surface area contributed by atoms with Gasteiger partial charge >= 0.3 is 0 Å². The molecular formula is C19H10BrNO2. The van der Waals surface area contributed by atoms with Crippen LogP contribution in [0.4, 0.5) is 0 Å². The van der Waals surface area contributed by atoms with Crippen molar-refractivity contribution in [3.63, 3.8) is 0 Å². The number of furan rings is 1. The van der Waals surface area contributed by atoms with Crippen molar-refractivity contribution in [1.82, 2.24) is 4.98 Å². The summed E-state index contributed by atoms with van der Waals surface area (Å²) in [5, 5.41) is 2.11. The molecule has 0 spiro atoms. The Morgan fingerprint density at radius 3 is 2.43 bits per heavy atom. The minimum atomic E-state index is 0.609. The van der Waals surface area contributed by atoms with E-state index in [0.717, 1.165) is 37.5 Å². The maximum absolute atomic E-state index is 5.97. The molecule has 0 bridgehead atoms.